The number of hydrogen-bond acceptors (Lipinski definition) is 3. The first-order valence-corrected chi connectivity index (χ1v) is 5.39. The Kier molecular flexibility index (Phi) is 3.31. The lowest BCUT2D eigenvalue weighted by Crippen LogP contribution is -2.03. The maximum absolute atomic E-state index is 5.58. The zero-order valence-corrected chi connectivity index (χ0v) is 9.43. The van der Waals surface area contributed by atoms with Gasteiger partial charge in [-0.25, -0.2) is 4.98 Å². The summed E-state index contributed by atoms with van der Waals surface area (Å²) < 4.78 is 1.98. The van der Waals surface area contributed by atoms with Crippen LogP contribution in [0.25, 0.3) is 0 Å². The van der Waals surface area contributed by atoms with E-state index in [0.717, 1.165) is 24.4 Å². The molecule has 0 aliphatic rings. The van der Waals surface area contributed by atoms with E-state index >= 15 is 0 Å². The summed E-state index contributed by atoms with van der Waals surface area (Å²) in [5.74, 6) is 0.932. The van der Waals surface area contributed by atoms with Gasteiger partial charge in [0.05, 0.1) is 12.2 Å². The van der Waals surface area contributed by atoms with Gasteiger partial charge in [0, 0.05) is 25.6 Å². The Morgan fingerprint density at radius 3 is 2.88 bits per heavy atom. The average molecular weight is 216 g/mol. The third-order valence-electron chi connectivity index (χ3n) is 2.60. The number of nitrogens with two attached hydrogens (primary N) is 1. The van der Waals surface area contributed by atoms with Crippen molar-refractivity contribution >= 4 is 0 Å². The van der Waals surface area contributed by atoms with E-state index in [2.05, 4.69) is 16.0 Å². The van der Waals surface area contributed by atoms with Crippen molar-refractivity contribution in [3.63, 3.8) is 0 Å². The van der Waals surface area contributed by atoms with Crippen molar-refractivity contribution in [3.05, 3.63) is 47.8 Å². The summed E-state index contributed by atoms with van der Waals surface area (Å²) >= 11 is 0. The van der Waals surface area contributed by atoms with E-state index in [1.165, 1.54) is 5.56 Å². The van der Waals surface area contributed by atoms with Gasteiger partial charge in [0.1, 0.15) is 5.82 Å². The normalized spacial score (nSPS) is 10.6. The zero-order chi connectivity index (χ0) is 11.4. The van der Waals surface area contributed by atoms with Crippen LogP contribution in [-0.2, 0) is 26.4 Å². The SMILES string of the molecule is Cn1cc(CCc2cccnc2)nc1CN. The molecule has 2 rings (SSSR count). The summed E-state index contributed by atoms with van der Waals surface area (Å²) in [6.45, 7) is 0.489. The fourth-order valence-electron chi connectivity index (χ4n) is 1.70. The van der Waals surface area contributed by atoms with Crippen molar-refractivity contribution in [2.45, 2.75) is 19.4 Å². The number of nitrogens with zero attached hydrogens (tertiary/aromatic N) is 3. The molecular weight excluding hydrogens is 200 g/mol. The minimum absolute atomic E-state index is 0.489. The molecule has 0 atom stereocenters. The summed E-state index contributed by atoms with van der Waals surface area (Å²) in [5.41, 5.74) is 7.91. The predicted octanol–water partition coefficient (Wildman–Crippen LogP) is 1.06. The number of pyridine rings is 1. The smallest absolute Gasteiger partial charge is 0.122 e. The lowest BCUT2D eigenvalue weighted by molar-refractivity contribution is 0.793. The highest BCUT2D eigenvalue weighted by atomic mass is 15.1. The van der Waals surface area contributed by atoms with Crippen LogP contribution in [0.5, 0.6) is 0 Å². The van der Waals surface area contributed by atoms with Gasteiger partial charge < -0.3 is 10.3 Å². The lowest BCUT2D eigenvalue weighted by atomic mass is 10.1. The highest BCUT2D eigenvalue weighted by molar-refractivity contribution is 5.12. The lowest BCUT2D eigenvalue weighted by Gasteiger charge is -1.97. The molecule has 0 saturated carbocycles. The maximum atomic E-state index is 5.58. The average Bonchev–Trinajstić information content (AvgIpc) is 2.69. The van der Waals surface area contributed by atoms with Crippen LogP contribution in [0.15, 0.2) is 30.7 Å². The third kappa shape index (κ3) is 2.46. The first-order chi connectivity index (χ1) is 7.79. The van der Waals surface area contributed by atoms with Crippen molar-refractivity contribution in [1.29, 1.82) is 0 Å². The first-order valence-electron chi connectivity index (χ1n) is 5.39. The van der Waals surface area contributed by atoms with Gasteiger partial charge in [-0.15, -0.1) is 0 Å². The topological polar surface area (TPSA) is 56.7 Å². The largest absolute Gasteiger partial charge is 0.337 e. The molecule has 2 aromatic heterocycles. The van der Waals surface area contributed by atoms with Gasteiger partial charge >= 0.3 is 0 Å². The second-order valence-corrected chi connectivity index (χ2v) is 3.82. The second-order valence-electron chi connectivity index (χ2n) is 3.82. The molecule has 16 heavy (non-hydrogen) atoms. The van der Waals surface area contributed by atoms with Crippen LogP contribution < -0.4 is 5.73 Å². The quantitative estimate of drug-likeness (QED) is 0.831. The second kappa shape index (κ2) is 4.90. The summed E-state index contributed by atoms with van der Waals surface area (Å²) in [6.07, 6.45) is 7.62. The highest BCUT2D eigenvalue weighted by Crippen LogP contribution is 2.06. The number of aryl methyl sites for hydroxylation is 3. The van der Waals surface area contributed by atoms with E-state index in [9.17, 15) is 0 Å². The Balaban J connectivity index is 2.00. The minimum atomic E-state index is 0.489. The van der Waals surface area contributed by atoms with E-state index in [0.29, 0.717) is 6.54 Å². The Morgan fingerprint density at radius 1 is 1.38 bits per heavy atom. The van der Waals surface area contributed by atoms with Crippen molar-refractivity contribution in [2.24, 2.45) is 12.8 Å². The molecule has 2 N–H and O–H groups in total. The molecule has 0 radical (unpaired) electrons. The highest BCUT2D eigenvalue weighted by Gasteiger charge is 2.03. The molecule has 0 fully saturated rings. The predicted molar refractivity (Wildman–Crippen MR) is 62.7 cm³/mol. The van der Waals surface area contributed by atoms with Crippen LogP contribution in [0.4, 0.5) is 0 Å². The Labute approximate surface area is 95.1 Å². The number of aromatic nitrogens is 3. The molecule has 0 unspecified atom stereocenters. The van der Waals surface area contributed by atoms with Crippen LogP contribution in [-0.4, -0.2) is 14.5 Å². The molecule has 0 aliphatic heterocycles. The van der Waals surface area contributed by atoms with E-state index in [4.69, 9.17) is 5.73 Å². The fourth-order valence-corrected chi connectivity index (χ4v) is 1.70. The van der Waals surface area contributed by atoms with Crippen LogP contribution in [0, 0.1) is 0 Å². The minimum Gasteiger partial charge on any atom is -0.337 e. The van der Waals surface area contributed by atoms with Crippen molar-refractivity contribution in [1.82, 2.24) is 14.5 Å². The molecule has 2 aromatic rings. The summed E-state index contributed by atoms with van der Waals surface area (Å²) in [5, 5.41) is 0. The molecule has 0 saturated heterocycles. The van der Waals surface area contributed by atoms with Gasteiger partial charge in [-0.1, -0.05) is 6.07 Å². The Morgan fingerprint density at radius 2 is 2.25 bits per heavy atom. The monoisotopic (exact) mass is 216 g/mol. The first kappa shape index (κ1) is 10.8. The van der Waals surface area contributed by atoms with Gasteiger partial charge in [0.25, 0.3) is 0 Å². The molecule has 84 valence electrons. The van der Waals surface area contributed by atoms with Crippen molar-refractivity contribution in [3.8, 4) is 0 Å². The van der Waals surface area contributed by atoms with Gasteiger partial charge in [-0.05, 0) is 24.5 Å². The van der Waals surface area contributed by atoms with Gasteiger partial charge in [-0.2, -0.15) is 0 Å². The standard InChI is InChI=1S/C12H16N4/c1-16-9-11(15-12(16)7-13)5-4-10-3-2-6-14-8-10/h2-3,6,8-9H,4-5,7,13H2,1H3. The van der Waals surface area contributed by atoms with E-state index in [1.807, 2.05) is 30.1 Å². The van der Waals surface area contributed by atoms with Crippen LogP contribution in [0.2, 0.25) is 0 Å². The number of imidazole rings is 1. The van der Waals surface area contributed by atoms with E-state index < -0.39 is 0 Å². The molecule has 0 amide bonds. The fraction of sp³-hybridized carbons (Fsp3) is 0.333. The number of hydrogen-bond donors (Lipinski definition) is 1. The summed E-state index contributed by atoms with van der Waals surface area (Å²) in [6, 6.07) is 4.04. The van der Waals surface area contributed by atoms with E-state index in [1.54, 1.807) is 6.20 Å². The molecule has 0 aliphatic carbocycles. The third-order valence-corrected chi connectivity index (χ3v) is 2.60. The Bertz CT molecular complexity index is 447. The van der Waals surface area contributed by atoms with Crippen molar-refractivity contribution < 1.29 is 0 Å². The molecule has 4 nitrogen and oxygen atoms in total. The molecule has 0 bridgehead atoms. The van der Waals surface area contributed by atoms with Gasteiger partial charge in [0.2, 0.25) is 0 Å². The molecular formula is C12H16N4. The van der Waals surface area contributed by atoms with Gasteiger partial charge in [-0.3, -0.25) is 4.98 Å². The van der Waals surface area contributed by atoms with Crippen LogP contribution >= 0.6 is 0 Å². The maximum Gasteiger partial charge on any atom is 0.122 e. The molecule has 0 aromatic carbocycles. The van der Waals surface area contributed by atoms with Crippen molar-refractivity contribution in [2.75, 3.05) is 0 Å². The Hall–Kier alpha value is -1.68. The molecule has 4 heteroatoms. The molecule has 0 spiro atoms. The summed E-state index contributed by atoms with van der Waals surface area (Å²) in [7, 11) is 1.97. The summed E-state index contributed by atoms with van der Waals surface area (Å²) in [4.78, 5) is 8.55. The van der Waals surface area contributed by atoms with Gasteiger partial charge in [0.15, 0.2) is 0 Å². The van der Waals surface area contributed by atoms with E-state index in [-0.39, 0.29) is 0 Å². The number of rotatable bonds is 4. The zero-order valence-electron chi connectivity index (χ0n) is 9.43. The molecule has 2 heterocycles. The van der Waals surface area contributed by atoms with Crippen LogP contribution in [0.1, 0.15) is 17.1 Å². The van der Waals surface area contributed by atoms with Crippen LogP contribution in [0.3, 0.4) is 0 Å².